The van der Waals surface area contributed by atoms with Crippen molar-refractivity contribution >= 4 is 5.97 Å². The third-order valence-corrected chi connectivity index (χ3v) is 6.60. The number of allylic oxidation sites excluding steroid dienone is 3. The Hall–Kier alpha value is -1.81. The molecule has 4 atom stereocenters. The number of aliphatic hydroxyl groups is 1. The molecule has 4 heteroatoms. The van der Waals surface area contributed by atoms with Gasteiger partial charge in [-0.3, -0.25) is 0 Å². The van der Waals surface area contributed by atoms with Crippen LogP contribution in [0.2, 0.25) is 0 Å². The van der Waals surface area contributed by atoms with E-state index in [0.717, 1.165) is 31.2 Å². The van der Waals surface area contributed by atoms with E-state index in [2.05, 4.69) is 19.9 Å². The smallest absolute Gasteiger partial charge is 0.332 e. The largest absolute Gasteiger partial charge is 0.478 e. The van der Waals surface area contributed by atoms with Gasteiger partial charge in [-0.1, -0.05) is 32.1 Å². The van der Waals surface area contributed by atoms with E-state index in [-0.39, 0.29) is 17.9 Å². The second-order valence-electron chi connectivity index (χ2n) is 7.64. The van der Waals surface area contributed by atoms with Crippen molar-refractivity contribution in [2.45, 2.75) is 39.5 Å². The first-order valence-corrected chi connectivity index (χ1v) is 8.68. The van der Waals surface area contributed by atoms with Crippen LogP contribution in [-0.2, 0) is 11.2 Å². The molecule has 2 aliphatic carbocycles. The number of aliphatic hydroxyl groups excluding tert-OH is 1. The van der Waals surface area contributed by atoms with E-state index >= 15 is 0 Å². The monoisotopic (exact) mass is 330 g/mol. The Morgan fingerprint density at radius 1 is 1.46 bits per heavy atom. The molecule has 0 saturated heterocycles. The van der Waals surface area contributed by atoms with Crippen LogP contribution in [0.15, 0.2) is 46.8 Å². The quantitative estimate of drug-likeness (QED) is 0.861. The molecule has 1 aromatic rings. The lowest BCUT2D eigenvalue weighted by Gasteiger charge is -2.56. The Kier molecular flexibility index (Phi) is 4.43. The summed E-state index contributed by atoms with van der Waals surface area (Å²) in [6.45, 7) is 4.39. The van der Waals surface area contributed by atoms with E-state index in [4.69, 9.17) is 4.42 Å². The van der Waals surface area contributed by atoms with E-state index in [1.165, 1.54) is 0 Å². The van der Waals surface area contributed by atoms with Gasteiger partial charge in [-0.2, -0.15) is 0 Å². The molecule has 1 aromatic heterocycles. The number of carbonyl (C=O) groups is 1. The van der Waals surface area contributed by atoms with E-state index in [9.17, 15) is 15.0 Å². The molecule has 2 N–H and O–H groups in total. The fourth-order valence-corrected chi connectivity index (χ4v) is 4.83. The molecule has 0 bridgehead atoms. The van der Waals surface area contributed by atoms with Gasteiger partial charge in [-0.05, 0) is 54.6 Å². The number of carboxylic acid groups (broad SMARTS) is 1. The fourth-order valence-electron chi connectivity index (χ4n) is 4.83. The van der Waals surface area contributed by atoms with Gasteiger partial charge in [0.05, 0.1) is 19.1 Å². The SMILES string of the molecule is C[C@@H]1CC[C@@]2(CO)C(C(=O)O)=CC=C[C@@H]2[C@@]1(C)CCc1ccoc1. The summed E-state index contributed by atoms with van der Waals surface area (Å²) in [5, 5.41) is 19.9. The van der Waals surface area contributed by atoms with Gasteiger partial charge < -0.3 is 14.6 Å². The van der Waals surface area contributed by atoms with Gasteiger partial charge >= 0.3 is 5.97 Å². The van der Waals surface area contributed by atoms with Crippen LogP contribution in [0.25, 0.3) is 0 Å². The van der Waals surface area contributed by atoms with Crippen molar-refractivity contribution in [1.29, 1.82) is 0 Å². The van der Waals surface area contributed by atoms with E-state index in [1.54, 1.807) is 18.6 Å². The first kappa shape index (κ1) is 17.0. The predicted octanol–water partition coefficient (Wildman–Crippen LogP) is 3.82. The highest BCUT2D eigenvalue weighted by molar-refractivity contribution is 5.89. The van der Waals surface area contributed by atoms with Crippen LogP contribution in [0.4, 0.5) is 0 Å². The molecular formula is C20H26O4. The number of fused-ring (bicyclic) bond motifs is 1. The zero-order valence-corrected chi connectivity index (χ0v) is 14.4. The third kappa shape index (κ3) is 2.53. The van der Waals surface area contributed by atoms with Crippen LogP contribution in [0.1, 0.15) is 38.7 Å². The molecule has 4 nitrogen and oxygen atoms in total. The number of carboxylic acids is 1. The van der Waals surface area contributed by atoms with E-state index in [0.29, 0.717) is 11.5 Å². The number of rotatable bonds is 5. The number of hydrogen-bond acceptors (Lipinski definition) is 3. The summed E-state index contributed by atoms with van der Waals surface area (Å²) in [4.78, 5) is 11.8. The fraction of sp³-hybridized carbons (Fsp3) is 0.550. The molecule has 2 aliphatic rings. The van der Waals surface area contributed by atoms with Gasteiger partial charge in [0.15, 0.2) is 0 Å². The molecular weight excluding hydrogens is 304 g/mol. The minimum Gasteiger partial charge on any atom is -0.478 e. The summed E-state index contributed by atoms with van der Waals surface area (Å²) in [5.41, 5.74) is 0.790. The molecule has 24 heavy (non-hydrogen) atoms. The van der Waals surface area contributed by atoms with Crippen molar-refractivity contribution < 1.29 is 19.4 Å². The molecule has 1 heterocycles. The van der Waals surface area contributed by atoms with Crippen LogP contribution in [0.5, 0.6) is 0 Å². The van der Waals surface area contributed by atoms with Gasteiger partial charge in [0.25, 0.3) is 0 Å². The van der Waals surface area contributed by atoms with Crippen molar-refractivity contribution in [3.63, 3.8) is 0 Å². The molecule has 0 radical (unpaired) electrons. The minimum absolute atomic E-state index is 0.0294. The highest BCUT2D eigenvalue weighted by Crippen LogP contribution is 2.60. The maximum atomic E-state index is 11.8. The normalized spacial score (nSPS) is 35.4. The van der Waals surface area contributed by atoms with Gasteiger partial charge in [0.2, 0.25) is 0 Å². The highest BCUT2D eigenvalue weighted by atomic mass is 16.4. The minimum atomic E-state index is -0.912. The van der Waals surface area contributed by atoms with Crippen LogP contribution >= 0.6 is 0 Å². The third-order valence-electron chi connectivity index (χ3n) is 6.60. The van der Waals surface area contributed by atoms with Crippen LogP contribution in [0, 0.1) is 22.7 Å². The molecule has 3 rings (SSSR count). The predicted molar refractivity (Wildman–Crippen MR) is 91.4 cm³/mol. The Balaban J connectivity index is 1.95. The number of hydrogen-bond donors (Lipinski definition) is 2. The molecule has 130 valence electrons. The first-order chi connectivity index (χ1) is 11.4. The number of aryl methyl sites for hydroxylation is 1. The van der Waals surface area contributed by atoms with Crippen molar-refractivity contribution in [3.05, 3.63) is 48.0 Å². The summed E-state index contributed by atoms with van der Waals surface area (Å²) < 4.78 is 5.17. The van der Waals surface area contributed by atoms with Gasteiger partial charge in [0.1, 0.15) is 0 Å². The molecule has 0 spiro atoms. The van der Waals surface area contributed by atoms with Crippen LogP contribution in [-0.4, -0.2) is 22.8 Å². The molecule has 0 amide bonds. The Labute approximate surface area is 142 Å². The molecule has 0 aliphatic heterocycles. The molecule has 0 aromatic carbocycles. The van der Waals surface area contributed by atoms with Crippen molar-refractivity contribution in [3.8, 4) is 0 Å². The maximum Gasteiger partial charge on any atom is 0.332 e. The summed E-state index contributed by atoms with van der Waals surface area (Å²) in [7, 11) is 0. The van der Waals surface area contributed by atoms with Crippen LogP contribution in [0.3, 0.4) is 0 Å². The van der Waals surface area contributed by atoms with Gasteiger partial charge in [-0.25, -0.2) is 4.79 Å². The second-order valence-corrected chi connectivity index (χ2v) is 7.64. The zero-order valence-electron chi connectivity index (χ0n) is 14.4. The van der Waals surface area contributed by atoms with Crippen molar-refractivity contribution in [1.82, 2.24) is 0 Å². The van der Waals surface area contributed by atoms with Gasteiger partial charge in [0, 0.05) is 11.0 Å². The number of aliphatic carboxylic acids is 1. The lowest BCUT2D eigenvalue weighted by atomic mass is 9.47. The molecule has 1 saturated carbocycles. The average molecular weight is 330 g/mol. The van der Waals surface area contributed by atoms with E-state index in [1.807, 2.05) is 12.1 Å². The summed E-state index contributed by atoms with van der Waals surface area (Å²) >= 11 is 0. The Morgan fingerprint density at radius 3 is 2.88 bits per heavy atom. The second kappa shape index (κ2) is 6.25. The molecule has 1 fully saturated rings. The summed E-state index contributed by atoms with van der Waals surface area (Å²) in [6, 6.07) is 1.98. The highest BCUT2D eigenvalue weighted by Gasteiger charge is 2.56. The zero-order chi connectivity index (χ0) is 17.4. The van der Waals surface area contributed by atoms with Crippen molar-refractivity contribution in [2.24, 2.45) is 22.7 Å². The Bertz CT molecular complexity index is 657. The number of furan rings is 1. The van der Waals surface area contributed by atoms with Crippen molar-refractivity contribution in [2.75, 3.05) is 6.61 Å². The van der Waals surface area contributed by atoms with Gasteiger partial charge in [-0.15, -0.1) is 0 Å². The average Bonchev–Trinajstić information content (AvgIpc) is 3.09. The first-order valence-electron chi connectivity index (χ1n) is 8.68. The topological polar surface area (TPSA) is 70.7 Å². The lowest BCUT2D eigenvalue weighted by molar-refractivity contribution is -0.137. The Morgan fingerprint density at radius 2 is 2.25 bits per heavy atom. The summed E-state index contributed by atoms with van der Waals surface area (Å²) in [6.07, 6.45) is 12.6. The maximum absolute atomic E-state index is 11.8. The standard InChI is InChI=1S/C20H26O4/c1-14-6-10-20(13-21)16(18(22)23)4-3-5-17(20)19(14,2)9-7-15-8-11-24-12-15/h3-5,8,11-12,14,17,21H,6-7,9-10,13H2,1-2H3,(H,22,23)/t14-,17-,19+,20-/m1/s1. The summed E-state index contributed by atoms with van der Waals surface area (Å²) in [5.74, 6) is -0.418. The van der Waals surface area contributed by atoms with E-state index < -0.39 is 11.4 Å². The van der Waals surface area contributed by atoms with Crippen LogP contribution < -0.4 is 0 Å². The molecule has 0 unspecified atom stereocenters. The lowest BCUT2D eigenvalue weighted by Crippen LogP contribution is -2.53.